The molecule has 0 aliphatic rings. The fourth-order valence-electron chi connectivity index (χ4n) is 1.37. The maximum Gasteiger partial charge on any atom is 0.0955 e. The van der Waals surface area contributed by atoms with Crippen molar-refractivity contribution in [3.8, 4) is 0 Å². The minimum atomic E-state index is -0.646. The Balaban J connectivity index is 3.12. The Morgan fingerprint density at radius 3 is 2.15 bits per heavy atom. The van der Waals surface area contributed by atoms with Crippen molar-refractivity contribution in [2.24, 2.45) is 0 Å². The first-order chi connectivity index (χ1) is 6.13. The van der Waals surface area contributed by atoms with Gasteiger partial charge in [0.05, 0.1) is 11.9 Å². The van der Waals surface area contributed by atoms with Crippen molar-refractivity contribution in [3.63, 3.8) is 0 Å². The minimum absolute atomic E-state index is 0.168. The van der Waals surface area contributed by atoms with E-state index < -0.39 is 6.10 Å². The molecule has 1 aromatic rings. The third-order valence-corrected chi connectivity index (χ3v) is 1.89. The molecule has 0 saturated heterocycles. The van der Waals surface area contributed by atoms with Gasteiger partial charge in [-0.2, -0.15) is 0 Å². The van der Waals surface area contributed by atoms with E-state index in [2.05, 4.69) is 0 Å². The van der Waals surface area contributed by atoms with Crippen LogP contribution >= 0.6 is 0 Å². The third kappa shape index (κ3) is 2.33. The van der Waals surface area contributed by atoms with Crippen LogP contribution in [0.25, 0.3) is 5.57 Å². The number of rotatable bonds is 2. The molecule has 0 aromatic heterocycles. The SMILES string of the molecule is CC(O)=C(c1ccccc1)C(C)O. The number of hydrogen-bond donors (Lipinski definition) is 2. The van der Waals surface area contributed by atoms with Gasteiger partial charge in [0.1, 0.15) is 0 Å². The predicted molar refractivity (Wildman–Crippen MR) is 53.3 cm³/mol. The van der Waals surface area contributed by atoms with Crippen molar-refractivity contribution in [1.82, 2.24) is 0 Å². The quantitative estimate of drug-likeness (QED) is 0.682. The number of aliphatic hydroxyl groups is 2. The van der Waals surface area contributed by atoms with Crippen LogP contribution in [0.3, 0.4) is 0 Å². The average molecular weight is 178 g/mol. The molecule has 0 saturated carbocycles. The Hall–Kier alpha value is -1.28. The van der Waals surface area contributed by atoms with Crippen LogP contribution in [0.4, 0.5) is 0 Å². The summed E-state index contributed by atoms with van der Waals surface area (Å²) in [4.78, 5) is 0. The van der Waals surface area contributed by atoms with Crippen molar-refractivity contribution in [2.45, 2.75) is 20.0 Å². The molecule has 1 unspecified atom stereocenters. The summed E-state index contributed by atoms with van der Waals surface area (Å²) in [5.41, 5.74) is 1.44. The Morgan fingerprint density at radius 2 is 1.77 bits per heavy atom. The molecule has 2 heteroatoms. The largest absolute Gasteiger partial charge is 0.512 e. The van der Waals surface area contributed by atoms with Crippen molar-refractivity contribution in [3.05, 3.63) is 41.7 Å². The molecule has 0 fully saturated rings. The molecule has 0 aliphatic heterocycles. The van der Waals surface area contributed by atoms with E-state index in [9.17, 15) is 10.2 Å². The molecule has 0 heterocycles. The second-order valence-corrected chi connectivity index (χ2v) is 3.04. The zero-order valence-electron chi connectivity index (χ0n) is 7.86. The summed E-state index contributed by atoms with van der Waals surface area (Å²) in [7, 11) is 0. The summed E-state index contributed by atoms with van der Waals surface area (Å²) in [5, 5.41) is 18.8. The molecular weight excluding hydrogens is 164 g/mol. The highest BCUT2D eigenvalue weighted by molar-refractivity contribution is 5.69. The summed E-state index contributed by atoms with van der Waals surface area (Å²) in [5.74, 6) is 0.168. The van der Waals surface area contributed by atoms with Gasteiger partial charge in [0.15, 0.2) is 0 Å². The lowest BCUT2D eigenvalue weighted by Gasteiger charge is -2.11. The van der Waals surface area contributed by atoms with E-state index in [1.807, 2.05) is 30.3 Å². The number of aliphatic hydroxyl groups excluding tert-OH is 2. The Morgan fingerprint density at radius 1 is 1.23 bits per heavy atom. The van der Waals surface area contributed by atoms with Crippen molar-refractivity contribution in [2.75, 3.05) is 0 Å². The highest BCUT2D eigenvalue weighted by Crippen LogP contribution is 2.20. The van der Waals surface area contributed by atoms with Crippen LogP contribution in [0.15, 0.2) is 36.1 Å². The van der Waals surface area contributed by atoms with Gasteiger partial charge in [-0.1, -0.05) is 30.3 Å². The first-order valence-corrected chi connectivity index (χ1v) is 4.26. The van der Waals surface area contributed by atoms with E-state index >= 15 is 0 Å². The summed E-state index contributed by atoms with van der Waals surface area (Å²) in [6.07, 6.45) is -0.646. The van der Waals surface area contributed by atoms with Crippen molar-refractivity contribution < 1.29 is 10.2 Å². The average Bonchev–Trinajstić information content (AvgIpc) is 2.04. The van der Waals surface area contributed by atoms with Gasteiger partial charge in [0.2, 0.25) is 0 Å². The van der Waals surface area contributed by atoms with Gasteiger partial charge in [0, 0.05) is 5.57 Å². The smallest absolute Gasteiger partial charge is 0.0955 e. The normalized spacial score (nSPS) is 15.0. The summed E-state index contributed by atoms with van der Waals surface area (Å²) < 4.78 is 0. The summed E-state index contributed by atoms with van der Waals surface area (Å²) >= 11 is 0. The monoisotopic (exact) mass is 178 g/mol. The lowest BCUT2D eigenvalue weighted by molar-refractivity contribution is 0.247. The maximum atomic E-state index is 9.42. The molecule has 1 atom stereocenters. The Kier molecular flexibility index (Phi) is 3.09. The van der Waals surface area contributed by atoms with E-state index in [4.69, 9.17) is 0 Å². The van der Waals surface area contributed by atoms with E-state index in [1.165, 1.54) is 0 Å². The van der Waals surface area contributed by atoms with Gasteiger partial charge < -0.3 is 10.2 Å². The van der Waals surface area contributed by atoms with E-state index in [0.29, 0.717) is 5.57 Å². The third-order valence-electron chi connectivity index (χ3n) is 1.89. The molecule has 0 bridgehead atoms. The van der Waals surface area contributed by atoms with Crippen LogP contribution in [0.5, 0.6) is 0 Å². The summed E-state index contributed by atoms with van der Waals surface area (Å²) in [6, 6.07) is 9.38. The van der Waals surface area contributed by atoms with Gasteiger partial charge in [-0.15, -0.1) is 0 Å². The van der Waals surface area contributed by atoms with Crippen LogP contribution in [-0.4, -0.2) is 16.3 Å². The standard InChI is InChI=1S/C11H14O2/c1-8(12)11(9(2)13)10-6-4-3-5-7-10/h3-8,12-13H,1-2H3. The summed E-state index contributed by atoms with van der Waals surface area (Å²) in [6.45, 7) is 3.22. The van der Waals surface area contributed by atoms with Gasteiger partial charge in [-0.3, -0.25) is 0 Å². The molecule has 2 nitrogen and oxygen atoms in total. The number of benzene rings is 1. The fraction of sp³-hybridized carbons (Fsp3) is 0.273. The van der Waals surface area contributed by atoms with Gasteiger partial charge in [-0.25, -0.2) is 0 Å². The molecular formula is C11H14O2. The first-order valence-electron chi connectivity index (χ1n) is 4.26. The molecule has 1 rings (SSSR count). The van der Waals surface area contributed by atoms with Crippen LogP contribution < -0.4 is 0 Å². The van der Waals surface area contributed by atoms with Crippen LogP contribution in [0, 0.1) is 0 Å². The second-order valence-electron chi connectivity index (χ2n) is 3.04. The molecule has 2 N–H and O–H groups in total. The lowest BCUT2D eigenvalue weighted by atomic mass is 10.0. The molecule has 0 radical (unpaired) electrons. The highest BCUT2D eigenvalue weighted by atomic mass is 16.3. The number of hydrogen-bond acceptors (Lipinski definition) is 2. The second kappa shape index (κ2) is 4.10. The molecule has 0 amide bonds. The topological polar surface area (TPSA) is 40.5 Å². The predicted octanol–water partition coefficient (Wildman–Crippen LogP) is 2.36. The molecule has 0 aliphatic carbocycles. The minimum Gasteiger partial charge on any atom is -0.512 e. The maximum absolute atomic E-state index is 9.42. The first kappa shape index (κ1) is 9.81. The van der Waals surface area contributed by atoms with Gasteiger partial charge in [-0.05, 0) is 19.4 Å². The van der Waals surface area contributed by atoms with Gasteiger partial charge in [0.25, 0.3) is 0 Å². The zero-order chi connectivity index (χ0) is 9.84. The zero-order valence-corrected chi connectivity index (χ0v) is 7.86. The van der Waals surface area contributed by atoms with Crippen LogP contribution in [0.2, 0.25) is 0 Å². The Bertz CT molecular complexity index is 295. The Labute approximate surface area is 78.2 Å². The van der Waals surface area contributed by atoms with Gasteiger partial charge >= 0.3 is 0 Å². The molecule has 70 valence electrons. The van der Waals surface area contributed by atoms with Crippen molar-refractivity contribution >= 4 is 5.57 Å². The van der Waals surface area contributed by atoms with E-state index in [-0.39, 0.29) is 5.76 Å². The molecule has 1 aromatic carbocycles. The van der Waals surface area contributed by atoms with Crippen molar-refractivity contribution in [1.29, 1.82) is 0 Å². The fourth-order valence-corrected chi connectivity index (χ4v) is 1.37. The number of allylic oxidation sites excluding steroid dienone is 1. The van der Waals surface area contributed by atoms with E-state index in [0.717, 1.165) is 5.56 Å². The van der Waals surface area contributed by atoms with Crippen LogP contribution in [0.1, 0.15) is 19.4 Å². The molecule has 0 spiro atoms. The van der Waals surface area contributed by atoms with E-state index in [1.54, 1.807) is 13.8 Å². The highest BCUT2D eigenvalue weighted by Gasteiger charge is 2.10. The lowest BCUT2D eigenvalue weighted by Crippen LogP contribution is -2.05. The molecule has 13 heavy (non-hydrogen) atoms. The van der Waals surface area contributed by atoms with Crippen LogP contribution in [-0.2, 0) is 0 Å².